The predicted molar refractivity (Wildman–Crippen MR) is 94.3 cm³/mol. The maximum atomic E-state index is 12.6. The number of H-pyrrole nitrogens is 1. The van der Waals surface area contributed by atoms with Crippen molar-refractivity contribution in [3.05, 3.63) is 81.3 Å². The van der Waals surface area contributed by atoms with Crippen molar-refractivity contribution in [1.29, 1.82) is 0 Å². The van der Waals surface area contributed by atoms with Crippen LogP contribution in [0.2, 0.25) is 0 Å². The molecule has 0 saturated heterocycles. The highest BCUT2D eigenvalue weighted by Crippen LogP contribution is 2.14. The zero-order valence-corrected chi connectivity index (χ0v) is 13.5. The third-order valence-corrected chi connectivity index (χ3v) is 3.75. The van der Waals surface area contributed by atoms with E-state index in [0.717, 1.165) is 28.2 Å². The topological polar surface area (TPSA) is 50.1 Å². The second-order valence-electron chi connectivity index (χ2n) is 5.72. The van der Waals surface area contributed by atoms with Crippen LogP contribution in [0.5, 0.6) is 0 Å². The summed E-state index contributed by atoms with van der Waals surface area (Å²) in [6, 6.07) is 15.7. The third-order valence-electron chi connectivity index (χ3n) is 3.75. The molecule has 0 amide bonds. The van der Waals surface area contributed by atoms with Crippen molar-refractivity contribution in [3.8, 4) is 5.69 Å². The molecule has 4 nitrogen and oxygen atoms in total. The van der Waals surface area contributed by atoms with Gasteiger partial charge in [0.05, 0.1) is 16.9 Å². The van der Waals surface area contributed by atoms with Gasteiger partial charge in [0.15, 0.2) is 0 Å². The highest BCUT2D eigenvalue weighted by Gasteiger charge is 2.10. The minimum absolute atomic E-state index is 0.0947. The summed E-state index contributed by atoms with van der Waals surface area (Å²) in [4.78, 5) is 17.0. The Labute approximate surface area is 135 Å². The molecule has 1 N–H and O–H groups in total. The number of aromatic nitrogens is 2. The Kier molecular flexibility index (Phi) is 3.98. The minimum Gasteiger partial charge on any atom is -0.295 e. The van der Waals surface area contributed by atoms with E-state index in [2.05, 4.69) is 10.1 Å². The van der Waals surface area contributed by atoms with Crippen molar-refractivity contribution in [2.24, 2.45) is 4.99 Å². The molecule has 0 fully saturated rings. The van der Waals surface area contributed by atoms with Gasteiger partial charge in [-0.1, -0.05) is 29.8 Å². The van der Waals surface area contributed by atoms with Crippen LogP contribution in [0.4, 0.5) is 5.69 Å². The maximum Gasteiger partial charge on any atom is 0.280 e. The molecule has 0 aliphatic rings. The monoisotopic (exact) mass is 305 g/mol. The molecule has 0 bridgehead atoms. The van der Waals surface area contributed by atoms with E-state index in [1.165, 1.54) is 0 Å². The normalized spacial score (nSPS) is 11.3. The van der Waals surface area contributed by atoms with Crippen LogP contribution in [0.25, 0.3) is 5.69 Å². The summed E-state index contributed by atoms with van der Waals surface area (Å²) in [6.45, 7) is 5.92. The lowest BCUT2D eigenvalue weighted by atomic mass is 10.2. The van der Waals surface area contributed by atoms with Crippen LogP contribution in [-0.2, 0) is 0 Å². The maximum absolute atomic E-state index is 12.6. The van der Waals surface area contributed by atoms with Crippen molar-refractivity contribution in [3.63, 3.8) is 0 Å². The molecule has 0 spiro atoms. The average molecular weight is 305 g/mol. The van der Waals surface area contributed by atoms with E-state index < -0.39 is 0 Å². The molecule has 23 heavy (non-hydrogen) atoms. The van der Waals surface area contributed by atoms with Crippen LogP contribution < -0.4 is 5.56 Å². The fourth-order valence-corrected chi connectivity index (χ4v) is 2.43. The summed E-state index contributed by atoms with van der Waals surface area (Å²) in [7, 11) is 0. The minimum atomic E-state index is -0.0947. The van der Waals surface area contributed by atoms with Gasteiger partial charge in [0.25, 0.3) is 5.56 Å². The van der Waals surface area contributed by atoms with E-state index in [1.54, 1.807) is 10.9 Å². The Morgan fingerprint density at radius 1 is 1.00 bits per heavy atom. The van der Waals surface area contributed by atoms with Crippen LogP contribution in [-0.4, -0.2) is 16.0 Å². The van der Waals surface area contributed by atoms with E-state index in [0.29, 0.717) is 5.56 Å². The largest absolute Gasteiger partial charge is 0.295 e. The molecule has 3 aromatic rings. The Hall–Kier alpha value is -2.88. The first-order chi connectivity index (χ1) is 11.0. The average Bonchev–Trinajstić information content (AvgIpc) is 2.81. The smallest absolute Gasteiger partial charge is 0.280 e. The molecule has 3 rings (SSSR count). The summed E-state index contributed by atoms with van der Waals surface area (Å²) < 4.78 is 1.55. The summed E-state index contributed by atoms with van der Waals surface area (Å²) >= 11 is 0. The van der Waals surface area contributed by atoms with Gasteiger partial charge >= 0.3 is 0 Å². The lowest BCUT2D eigenvalue weighted by molar-refractivity contribution is 0.835. The van der Waals surface area contributed by atoms with Crippen molar-refractivity contribution >= 4 is 11.9 Å². The van der Waals surface area contributed by atoms with Crippen LogP contribution in [0.3, 0.4) is 0 Å². The molecule has 1 aromatic heterocycles. The molecule has 0 aliphatic carbocycles. The van der Waals surface area contributed by atoms with Gasteiger partial charge in [0.2, 0.25) is 0 Å². The Morgan fingerprint density at radius 3 is 2.43 bits per heavy atom. The zero-order chi connectivity index (χ0) is 16.4. The quantitative estimate of drug-likeness (QED) is 0.734. The van der Waals surface area contributed by atoms with Gasteiger partial charge < -0.3 is 0 Å². The van der Waals surface area contributed by atoms with E-state index in [-0.39, 0.29) is 5.56 Å². The number of hydrogen-bond donors (Lipinski definition) is 1. The summed E-state index contributed by atoms with van der Waals surface area (Å²) in [5.41, 5.74) is 5.24. The first-order valence-corrected chi connectivity index (χ1v) is 7.54. The molecule has 116 valence electrons. The van der Waals surface area contributed by atoms with Crippen LogP contribution >= 0.6 is 0 Å². The Balaban J connectivity index is 1.98. The second kappa shape index (κ2) is 6.08. The Bertz CT molecular complexity index is 915. The summed E-state index contributed by atoms with van der Waals surface area (Å²) in [5, 5.41) is 3.11. The lowest BCUT2D eigenvalue weighted by Crippen LogP contribution is -2.17. The number of benzene rings is 2. The van der Waals surface area contributed by atoms with Crippen molar-refractivity contribution in [1.82, 2.24) is 9.78 Å². The SMILES string of the molecule is Cc1ccc(-n2[nH]c(C)c(C=Nc3cccc(C)c3)c2=O)cc1. The first kappa shape index (κ1) is 15.0. The van der Waals surface area contributed by atoms with Crippen molar-refractivity contribution < 1.29 is 0 Å². The lowest BCUT2D eigenvalue weighted by Gasteiger charge is -2.01. The molecule has 0 saturated carbocycles. The molecule has 1 heterocycles. The molecule has 0 aliphatic heterocycles. The van der Waals surface area contributed by atoms with Gasteiger partial charge in [0, 0.05) is 11.9 Å². The molecule has 0 atom stereocenters. The van der Waals surface area contributed by atoms with E-state index in [1.807, 2.05) is 69.3 Å². The van der Waals surface area contributed by atoms with E-state index in [4.69, 9.17) is 0 Å². The third kappa shape index (κ3) is 3.16. The van der Waals surface area contributed by atoms with Gasteiger partial charge in [-0.15, -0.1) is 0 Å². The summed E-state index contributed by atoms with van der Waals surface area (Å²) in [6.07, 6.45) is 1.63. The van der Waals surface area contributed by atoms with Crippen LogP contribution in [0.15, 0.2) is 58.3 Å². The van der Waals surface area contributed by atoms with Gasteiger partial charge in [0.1, 0.15) is 0 Å². The number of aliphatic imine (C=N–C) groups is 1. The standard InChI is InChI=1S/C19H19N3O/c1-13-7-9-17(10-8-13)22-19(23)18(15(3)21-22)12-20-16-6-4-5-14(2)11-16/h4-12,21H,1-3H3. The molecule has 0 radical (unpaired) electrons. The second-order valence-corrected chi connectivity index (χ2v) is 5.72. The molecular weight excluding hydrogens is 286 g/mol. The van der Waals surface area contributed by atoms with Gasteiger partial charge in [-0.3, -0.25) is 14.9 Å². The zero-order valence-electron chi connectivity index (χ0n) is 13.5. The Morgan fingerprint density at radius 2 is 1.74 bits per heavy atom. The molecular formula is C19H19N3O. The molecule has 4 heteroatoms. The number of aryl methyl sites for hydroxylation is 3. The van der Waals surface area contributed by atoms with E-state index in [9.17, 15) is 4.79 Å². The molecule has 2 aromatic carbocycles. The first-order valence-electron chi connectivity index (χ1n) is 7.54. The fraction of sp³-hybridized carbons (Fsp3) is 0.158. The fourth-order valence-electron chi connectivity index (χ4n) is 2.43. The number of aromatic amines is 1. The van der Waals surface area contributed by atoms with Crippen LogP contribution in [0, 0.1) is 20.8 Å². The summed E-state index contributed by atoms with van der Waals surface area (Å²) in [5.74, 6) is 0. The van der Waals surface area contributed by atoms with Crippen molar-refractivity contribution in [2.45, 2.75) is 20.8 Å². The highest BCUT2D eigenvalue weighted by atomic mass is 16.1. The van der Waals surface area contributed by atoms with Crippen LogP contribution in [0.1, 0.15) is 22.4 Å². The van der Waals surface area contributed by atoms with Gasteiger partial charge in [-0.05, 0) is 50.6 Å². The van der Waals surface area contributed by atoms with Gasteiger partial charge in [-0.25, -0.2) is 4.68 Å². The number of nitrogens with one attached hydrogen (secondary N) is 1. The number of nitrogens with zero attached hydrogens (tertiary/aromatic N) is 2. The predicted octanol–water partition coefficient (Wildman–Crippen LogP) is 3.84. The van der Waals surface area contributed by atoms with E-state index >= 15 is 0 Å². The highest BCUT2D eigenvalue weighted by molar-refractivity contribution is 5.83. The van der Waals surface area contributed by atoms with Crippen molar-refractivity contribution in [2.75, 3.05) is 0 Å². The molecule has 0 unspecified atom stereocenters. The van der Waals surface area contributed by atoms with Gasteiger partial charge in [-0.2, -0.15) is 0 Å². The number of rotatable bonds is 3. The number of hydrogen-bond acceptors (Lipinski definition) is 2.